The molecule has 0 bridgehead atoms. The molecular weight excluding hydrogens is 282 g/mol. The van der Waals surface area contributed by atoms with Crippen LogP contribution in [0.4, 0.5) is 0 Å². The summed E-state index contributed by atoms with van der Waals surface area (Å²) in [6.45, 7) is 2.02. The lowest BCUT2D eigenvalue weighted by Crippen LogP contribution is -2.31. The zero-order chi connectivity index (χ0) is 15.5. The predicted molar refractivity (Wildman–Crippen MR) is 82.4 cm³/mol. The van der Waals surface area contributed by atoms with Gasteiger partial charge in [-0.1, -0.05) is 12.1 Å². The summed E-state index contributed by atoms with van der Waals surface area (Å²) in [5.74, 6) is 2.43. The van der Waals surface area contributed by atoms with Crippen LogP contribution in [0.1, 0.15) is 11.1 Å². The maximum atomic E-state index is 9.48. The van der Waals surface area contributed by atoms with E-state index >= 15 is 0 Å². The van der Waals surface area contributed by atoms with Gasteiger partial charge in [0.15, 0.2) is 11.5 Å². The van der Waals surface area contributed by atoms with Gasteiger partial charge in [-0.25, -0.2) is 0 Å². The molecule has 2 aromatic carbocycles. The minimum Gasteiger partial charge on any atom is -0.508 e. The molecule has 0 unspecified atom stereocenters. The van der Waals surface area contributed by atoms with Gasteiger partial charge < -0.3 is 19.3 Å². The smallest absolute Gasteiger partial charge is 0.161 e. The van der Waals surface area contributed by atoms with Gasteiger partial charge in [0.2, 0.25) is 0 Å². The molecule has 22 heavy (non-hydrogen) atoms. The number of aromatic hydroxyl groups is 1. The van der Waals surface area contributed by atoms with Crippen LogP contribution in [0.15, 0.2) is 36.4 Å². The van der Waals surface area contributed by atoms with Gasteiger partial charge in [-0.2, -0.15) is 0 Å². The normalized spacial score (nSPS) is 14.1. The molecule has 0 saturated heterocycles. The molecular formula is C17H19NO4. The number of methoxy groups -OCH3 is 2. The number of fused-ring (bicyclic) bond motifs is 1. The Labute approximate surface area is 129 Å². The molecule has 0 aliphatic carbocycles. The Balaban J connectivity index is 1.73. The molecule has 0 fully saturated rings. The first-order chi connectivity index (χ1) is 10.7. The van der Waals surface area contributed by atoms with Gasteiger partial charge in [0.1, 0.15) is 18.2 Å². The minimum atomic E-state index is 0.229. The molecule has 5 nitrogen and oxygen atoms in total. The van der Waals surface area contributed by atoms with E-state index in [1.807, 2.05) is 24.3 Å². The zero-order valence-electron chi connectivity index (χ0n) is 12.7. The van der Waals surface area contributed by atoms with Crippen molar-refractivity contribution < 1.29 is 19.3 Å². The quantitative estimate of drug-likeness (QED) is 0.941. The fraction of sp³-hybridized carbons (Fsp3) is 0.294. The highest BCUT2D eigenvalue weighted by molar-refractivity contribution is 5.43. The molecule has 0 amide bonds. The molecule has 3 rings (SSSR count). The van der Waals surface area contributed by atoms with Crippen molar-refractivity contribution in [3.05, 3.63) is 47.5 Å². The van der Waals surface area contributed by atoms with Crippen LogP contribution >= 0.6 is 0 Å². The molecule has 1 heterocycles. The van der Waals surface area contributed by atoms with E-state index in [4.69, 9.17) is 14.2 Å². The average molecular weight is 301 g/mol. The van der Waals surface area contributed by atoms with Crippen molar-refractivity contribution in [2.24, 2.45) is 0 Å². The van der Waals surface area contributed by atoms with Crippen molar-refractivity contribution in [2.75, 3.05) is 21.0 Å². The second-order valence-corrected chi connectivity index (χ2v) is 5.24. The Bertz CT molecular complexity index is 672. The van der Waals surface area contributed by atoms with Gasteiger partial charge in [-0.05, 0) is 23.8 Å². The summed E-state index contributed by atoms with van der Waals surface area (Å²) in [5.41, 5.74) is 2.20. The van der Waals surface area contributed by atoms with Crippen LogP contribution < -0.4 is 14.2 Å². The Morgan fingerprint density at radius 1 is 1.09 bits per heavy atom. The zero-order valence-corrected chi connectivity index (χ0v) is 12.7. The van der Waals surface area contributed by atoms with E-state index in [1.165, 1.54) is 0 Å². The van der Waals surface area contributed by atoms with E-state index in [2.05, 4.69) is 4.90 Å². The van der Waals surface area contributed by atoms with Crippen LogP contribution in [0.3, 0.4) is 0 Å². The van der Waals surface area contributed by atoms with Gasteiger partial charge >= 0.3 is 0 Å². The molecule has 0 radical (unpaired) electrons. The molecule has 1 aliphatic heterocycles. The van der Waals surface area contributed by atoms with Crippen LogP contribution in [0.5, 0.6) is 23.0 Å². The fourth-order valence-electron chi connectivity index (χ4n) is 2.59. The third kappa shape index (κ3) is 2.94. The van der Waals surface area contributed by atoms with Gasteiger partial charge in [0.05, 0.1) is 14.2 Å². The third-order valence-corrected chi connectivity index (χ3v) is 3.70. The lowest BCUT2D eigenvalue weighted by atomic mass is 10.1. The predicted octanol–water partition coefficient (Wildman–Crippen LogP) is 2.76. The minimum absolute atomic E-state index is 0.229. The summed E-state index contributed by atoms with van der Waals surface area (Å²) in [4.78, 5) is 2.18. The van der Waals surface area contributed by atoms with Crippen LogP contribution in [-0.2, 0) is 13.1 Å². The molecule has 5 heteroatoms. The number of rotatable bonds is 4. The summed E-state index contributed by atoms with van der Waals surface area (Å²) in [5, 5.41) is 9.48. The second kappa shape index (κ2) is 6.15. The average Bonchev–Trinajstić information content (AvgIpc) is 2.55. The molecule has 1 N–H and O–H groups in total. The summed E-state index contributed by atoms with van der Waals surface area (Å²) in [7, 11) is 3.26. The van der Waals surface area contributed by atoms with E-state index in [0.717, 1.165) is 41.5 Å². The monoisotopic (exact) mass is 301 g/mol. The van der Waals surface area contributed by atoms with E-state index in [-0.39, 0.29) is 5.75 Å². The van der Waals surface area contributed by atoms with E-state index < -0.39 is 0 Å². The van der Waals surface area contributed by atoms with Crippen molar-refractivity contribution in [3.8, 4) is 23.0 Å². The number of hydrogen-bond donors (Lipinski definition) is 1. The molecule has 0 aromatic heterocycles. The summed E-state index contributed by atoms with van der Waals surface area (Å²) < 4.78 is 16.3. The maximum absolute atomic E-state index is 9.48. The number of phenols is 1. The molecule has 1 aliphatic rings. The highest BCUT2D eigenvalue weighted by Gasteiger charge is 2.18. The number of ether oxygens (including phenoxy) is 3. The highest BCUT2D eigenvalue weighted by Crippen LogP contribution is 2.31. The second-order valence-electron chi connectivity index (χ2n) is 5.24. The first-order valence-corrected chi connectivity index (χ1v) is 7.07. The Morgan fingerprint density at radius 3 is 2.68 bits per heavy atom. The van der Waals surface area contributed by atoms with Crippen LogP contribution in [0.25, 0.3) is 0 Å². The van der Waals surface area contributed by atoms with E-state index in [0.29, 0.717) is 6.73 Å². The Morgan fingerprint density at radius 2 is 1.91 bits per heavy atom. The van der Waals surface area contributed by atoms with Gasteiger partial charge in [-0.15, -0.1) is 0 Å². The lowest BCUT2D eigenvalue weighted by Gasteiger charge is -2.29. The van der Waals surface area contributed by atoms with Crippen molar-refractivity contribution in [2.45, 2.75) is 13.1 Å². The molecule has 116 valence electrons. The van der Waals surface area contributed by atoms with Crippen molar-refractivity contribution >= 4 is 0 Å². The number of nitrogens with zero attached hydrogens (tertiary/aromatic N) is 1. The Kier molecular flexibility index (Phi) is 4.06. The van der Waals surface area contributed by atoms with Crippen molar-refractivity contribution in [1.29, 1.82) is 0 Å². The maximum Gasteiger partial charge on any atom is 0.161 e. The molecule has 0 spiro atoms. The lowest BCUT2D eigenvalue weighted by molar-refractivity contribution is 0.0883. The first kappa shape index (κ1) is 14.5. The highest BCUT2D eigenvalue weighted by atomic mass is 16.5. The molecule has 2 aromatic rings. The molecule has 0 saturated carbocycles. The SMILES string of the molecule is COc1ccc(CN2COc3cc(O)ccc3C2)cc1OC. The number of hydrogen-bond acceptors (Lipinski definition) is 5. The van der Waals surface area contributed by atoms with Gasteiger partial charge in [0.25, 0.3) is 0 Å². The fourth-order valence-corrected chi connectivity index (χ4v) is 2.59. The van der Waals surface area contributed by atoms with Crippen molar-refractivity contribution in [3.63, 3.8) is 0 Å². The first-order valence-electron chi connectivity index (χ1n) is 7.07. The van der Waals surface area contributed by atoms with Crippen LogP contribution in [0.2, 0.25) is 0 Å². The van der Waals surface area contributed by atoms with Gasteiger partial charge in [-0.3, -0.25) is 4.90 Å². The summed E-state index contributed by atoms with van der Waals surface area (Å²) in [6, 6.07) is 11.1. The van der Waals surface area contributed by atoms with Crippen LogP contribution in [-0.4, -0.2) is 31.0 Å². The van der Waals surface area contributed by atoms with Gasteiger partial charge in [0, 0.05) is 24.7 Å². The Hall–Kier alpha value is -2.40. The van der Waals surface area contributed by atoms with Crippen LogP contribution in [0, 0.1) is 0 Å². The summed E-state index contributed by atoms with van der Waals surface area (Å²) in [6.07, 6.45) is 0. The standard InChI is InChI=1S/C17H19NO4/c1-20-15-6-3-12(7-17(15)21-2)9-18-10-13-4-5-14(19)8-16(13)22-11-18/h3-8,19H,9-11H2,1-2H3. The molecule has 0 atom stereocenters. The van der Waals surface area contributed by atoms with Crippen molar-refractivity contribution in [1.82, 2.24) is 4.90 Å². The van der Waals surface area contributed by atoms with E-state index in [1.54, 1.807) is 26.4 Å². The number of phenolic OH excluding ortho intramolecular Hbond substituents is 1. The topological polar surface area (TPSA) is 51.2 Å². The number of benzene rings is 2. The largest absolute Gasteiger partial charge is 0.508 e. The third-order valence-electron chi connectivity index (χ3n) is 3.70. The van der Waals surface area contributed by atoms with E-state index in [9.17, 15) is 5.11 Å². The summed E-state index contributed by atoms with van der Waals surface area (Å²) >= 11 is 0.